The molecule has 2 radical (unpaired) electrons. The number of esters is 1. The number of hydrogen-bond donors (Lipinski definition) is 2. The molecule has 1 amide bonds. The Hall–Kier alpha value is -2.85. The van der Waals surface area contributed by atoms with Crippen LogP contribution in [0.15, 0.2) is 48.5 Å². The topological polar surface area (TPSA) is 119 Å². The van der Waals surface area contributed by atoms with Crippen molar-refractivity contribution in [3.63, 3.8) is 0 Å². The van der Waals surface area contributed by atoms with Crippen molar-refractivity contribution >= 4 is 41.2 Å². The number of hydrogen-bond acceptors (Lipinski definition) is 6. The van der Waals surface area contributed by atoms with Crippen LogP contribution in [-0.4, -0.2) is 45.2 Å². The molecule has 0 aliphatic rings. The molecule has 0 saturated carbocycles. The minimum atomic E-state index is -4.22. The van der Waals surface area contributed by atoms with Crippen LogP contribution in [0.4, 0.5) is 10.5 Å². The molecule has 0 unspecified atom stereocenters. The van der Waals surface area contributed by atoms with Crippen molar-refractivity contribution in [3.8, 4) is 0 Å². The van der Waals surface area contributed by atoms with Gasteiger partial charge in [-0.25, -0.2) is 9.59 Å². The van der Waals surface area contributed by atoms with Gasteiger partial charge in [-0.2, -0.15) is 8.42 Å². The van der Waals surface area contributed by atoms with Gasteiger partial charge in [-0.3, -0.25) is 9.87 Å². The van der Waals surface area contributed by atoms with E-state index in [0.29, 0.717) is 0 Å². The second-order valence-electron chi connectivity index (χ2n) is 5.41. The summed E-state index contributed by atoms with van der Waals surface area (Å²) in [6.45, 7) is -0.409. The third-order valence-electron chi connectivity index (χ3n) is 3.31. The lowest BCUT2D eigenvalue weighted by atomic mass is 9.92. The Balaban J connectivity index is 1.89. The van der Waals surface area contributed by atoms with Gasteiger partial charge in [-0.05, 0) is 17.7 Å². The second-order valence-corrected chi connectivity index (χ2v) is 6.98. The molecule has 2 N–H and O–H groups in total. The molecule has 10 heteroatoms. The third kappa shape index (κ3) is 7.12. The fraction of sp³-hybridized carbons (Fsp3) is 0.176. The largest absolute Gasteiger partial charge is 0.461 e. The van der Waals surface area contributed by atoms with Crippen molar-refractivity contribution in [1.82, 2.24) is 0 Å². The normalized spacial score (nSPS) is 10.9. The predicted octanol–water partition coefficient (Wildman–Crippen LogP) is 1.27. The number of ether oxygens (including phenoxy) is 2. The summed E-state index contributed by atoms with van der Waals surface area (Å²) in [6, 6.07) is 13.1. The molecule has 0 aromatic heterocycles. The zero-order valence-electron chi connectivity index (χ0n) is 14.1. The Morgan fingerprint density at radius 2 is 1.78 bits per heavy atom. The lowest BCUT2D eigenvalue weighted by Gasteiger charge is -2.11. The molecular weight excluding hydrogens is 373 g/mol. The molecule has 0 aliphatic carbocycles. The Kier molecular flexibility index (Phi) is 6.97. The summed E-state index contributed by atoms with van der Waals surface area (Å²) >= 11 is 0. The van der Waals surface area contributed by atoms with Gasteiger partial charge in [0.05, 0.1) is 5.56 Å². The highest BCUT2D eigenvalue weighted by Gasteiger charge is 2.13. The lowest BCUT2D eigenvalue weighted by Crippen LogP contribution is -2.21. The van der Waals surface area contributed by atoms with E-state index in [4.69, 9.17) is 21.9 Å². The summed E-state index contributed by atoms with van der Waals surface area (Å²) in [7, 11) is 1.58. The van der Waals surface area contributed by atoms with E-state index in [1.54, 1.807) is 0 Å². The lowest BCUT2D eigenvalue weighted by molar-refractivity contribution is 0.0528. The zero-order valence-corrected chi connectivity index (χ0v) is 14.9. The minimum absolute atomic E-state index is 0.0611. The Labute approximate surface area is 157 Å². The molecule has 0 saturated heterocycles. The van der Waals surface area contributed by atoms with Crippen molar-refractivity contribution in [2.24, 2.45) is 0 Å². The average molecular weight is 389 g/mol. The first kappa shape index (κ1) is 20.5. The van der Waals surface area contributed by atoms with Crippen LogP contribution in [0.2, 0.25) is 0 Å². The highest BCUT2D eigenvalue weighted by atomic mass is 32.2. The van der Waals surface area contributed by atoms with Crippen LogP contribution in [0.25, 0.3) is 0 Å². The van der Waals surface area contributed by atoms with E-state index in [1.165, 1.54) is 18.2 Å². The Morgan fingerprint density at radius 3 is 2.41 bits per heavy atom. The molecule has 0 spiro atoms. The van der Waals surface area contributed by atoms with Crippen LogP contribution in [0.1, 0.15) is 15.9 Å². The van der Waals surface area contributed by atoms with Crippen LogP contribution < -0.4 is 10.8 Å². The fourth-order valence-corrected chi connectivity index (χ4v) is 2.29. The van der Waals surface area contributed by atoms with Gasteiger partial charge in [-0.15, -0.1) is 0 Å². The number of amides is 1. The van der Waals surface area contributed by atoms with Gasteiger partial charge in [0.15, 0.2) is 0 Å². The summed E-state index contributed by atoms with van der Waals surface area (Å²) in [5.74, 6) is -1.52. The molecule has 0 bridgehead atoms. The molecule has 8 nitrogen and oxygen atoms in total. The maximum atomic E-state index is 11.8. The Morgan fingerprint density at radius 1 is 1.07 bits per heavy atom. The van der Waals surface area contributed by atoms with E-state index in [9.17, 15) is 18.0 Å². The van der Waals surface area contributed by atoms with E-state index in [0.717, 1.165) is 5.56 Å². The van der Waals surface area contributed by atoms with Crippen molar-refractivity contribution in [2.45, 2.75) is 6.61 Å². The van der Waals surface area contributed by atoms with Gasteiger partial charge in [0, 0.05) is 5.69 Å². The first-order valence-corrected chi connectivity index (χ1v) is 9.35. The van der Waals surface area contributed by atoms with Crippen LogP contribution in [0.5, 0.6) is 0 Å². The fourth-order valence-electron chi connectivity index (χ4n) is 2.00. The van der Waals surface area contributed by atoms with Gasteiger partial charge < -0.3 is 9.47 Å². The highest BCUT2D eigenvalue weighted by Crippen LogP contribution is 2.09. The van der Waals surface area contributed by atoms with E-state index in [1.807, 2.05) is 30.3 Å². The standard InChI is InChI=1S/C17H16BNO7S/c18-14-10-13(16(20)25-8-9-27(22,23)24)6-7-15(14)19-17(21)26-11-12-4-2-1-3-5-12/h1-7,10H,8-9,11H2,(H,19,21)(H,22,23,24). The maximum absolute atomic E-state index is 11.8. The van der Waals surface area contributed by atoms with E-state index >= 15 is 0 Å². The van der Waals surface area contributed by atoms with Gasteiger partial charge in [-0.1, -0.05) is 41.9 Å². The highest BCUT2D eigenvalue weighted by molar-refractivity contribution is 7.85. The van der Waals surface area contributed by atoms with Crippen LogP contribution in [-0.2, 0) is 26.2 Å². The van der Waals surface area contributed by atoms with Crippen molar-refractivity contribution in [3.05, 3.63) is 59.7 Å². The molecule has 0 fully saturated rings. The van der Waals surface area contributed by atoms with Gasteiger partial charge in [0.25, 0.3) is 10.1 Å². The molecule has 2 aromatic carbocycles. The molecule has 140 valence electrons. The summed E-state index contributed by atoms with van der Waals surface area (Å²) in [4.78, 5) is 23.6. The molecule has 27 heavy (non-hydrogen) atoms. The first-order valence-electron chi connectivity index (χ1n) is 7.74. The average Bonchev–Trinajstić information content (AvgIpc) is 2.61. The summed E-state index contributed by atoms with van der Waals surface area (Å²) in [6.07, 6.45) is -0.714. The van der Waals surface area contributed by atoms with Crippen LogP contribution in [0.3, 0.4) is 0 Å². The quantitative estimate of drug-likeness (QED) is 0.416. The summed E-state index contributed by atoms with van der Waals surface area (Å²) < 4.78 is 39.6. The number of nitrogens with one attached hydrogen (secondary N) is 1. The van der Waals surface area contributed by atoms with Crippen molar-refractivity contribution < 1.29 is 32.0 Å². The van der Waals surface area contributed by atoms with Crippen molar-refractivity contribution in [2.75, 3.05) is 17.7 Å². The monoisotopic (exact) mass is 389 g/mol. The molecular formula is C17H16BNO7S. The smallest absolute Gasteiger partial charge is 0.411 e. The maximum Gasteiger partial charge on any atom is 0.411 e. The van der Waals surface area contributed by atoms with Crippen molar-refractivity contribution in [1.29, 1.82) is 0 Å². The predicted molar refractivity (Wildman–Crippen MR) is 98.8 cm³/mol. The number of carbonyl (C=O) groups is 2. The number of carbonyl (C=O) groups excluding carboxylic acids is 2. The zero-order chi connectivity index (χ0) is 19.9. The number of benzene rings is 2. The van der Waals surface area contributed by atoms with Gasteiger partial charge in [0.2, 0.25) is 0 Å². The van der Waals surface area contributed by atoms with E-state index in [2.05, 4.69) is 5.32 Å². The summed E-state index contributed by atoms with van der Waals surface area (Å²) in [5.41, 5.74) is 1.22. The first-order chi connectivity index (χ1) is 12.7. The second kappa shape index (κ2) is 9.20. The van der Waals surface area contributed by atoms with E-state index in [-0.39, 0.29) is 23.3 Å². The number of rotatable bonds is 7. The molecule has 0 heterocycles. The van der Waals surface area contributed by atoms with E-state index < -0.39 is 34.5 Å². The van der Waals surface area contributed by atoms with Gasteiger partial charge >= 0.3 is 12.1 Å². The molecule has 0 atom stereocenters. The van der Waals surface area contributed by atoms with Crippen LogP contribution in [0, 0.1) is 0 Å². The summed E-state index contributed by atoms with van der Waals surface area (Å²) in [5, 5.41) is 2.46. The molecule has 2 aromatic rings. The molecule has 0 aliphatic heterocycles. The van der Waals surface area contributed by atoms with Gasteiger partial charge in [0.1, 0.15) is 26.8 Å². The molecule has 2 rings (SSSR count). The number of anilines is 1. The minimum Gasteiger partial charge on any atom is -0.461 e. The van der Waals surface area contributed by atoms with Crippen LogP contribution >= 0.6 is 0 Å². The Bertz CT molecular complexity index is 916. The third-order valence-corrected chi connectivity index (χ3v) is 3.99. The SMILES string of the molecule is [B]c1cc(C(=O)OCCS(=O)(=O)O)ccc1NC(=O)OCc1ccccc1.